The van der Waals surface area contributed by atoms with Crippen LogP contribution in [-0.2, 0) is 22.2 Å². The van der Waals surface area contributed by atoms with Gasteiger partial charge in [0.05, 0.1) is 33.2 Å². The molecule has 2 bridgehead atoms. The number of alkyl halides is 3. The Morgan fingerprint density at radius 2 is 1.59 bits per heavy atom. The molecule has 7 rings (SSSR count). The normalized spacial score (nSPS) is 24.3. The molecule has 276 valence electrons. The number of para-hydroxylation sites is 2. The quantitative estimate of drug-likeness (QED) is 0.330. The molecule has 2 amide bonds. The van der Waals surface area contributed by atoms with Gasteiger partial charge in [0, 0.05) is 76.9 Å². The van der Waals surface area contributed by atoms with E-state index >= 15 is 0 Å². The number of hydrogen-bond donors (Lipinski definition) is 2. The van der Waals surface area contributed by atoms with E-state index in [1.54, 1.807) is 14.4 Å². The van der Waals surface area contributed by atoms with E-state index in [4.69, 9.17) is 11.6 Å². The summed E-state index contributed by atoms with van der Waals surface area (Å²) in [5, 5.41) is 2.46. The molecule has 0 aliphatic carbocycles. The molecule has 4 aliphatic rings. The first-order chi connectivity index (χ1) is 24.4. The monoisotopic (exact) mass is 729 g/mol. The summed E-state index contributed by atoms with van der Waals surface area (Å²) in [5.41, 5.74) is 0.537. The van der Waals surface area contributed by atoms with Crippen LogP contribution in [0.4, 0.5) is 18.9 Å². The van der Waals surface area contributed by atoms with Gasteiger partial charge in [-0.25, -0.2) is 4.79 Å². The van der Waals surface area contributed by atoms with Gasteiger partial charge in [0.25, 0.3) is 0 Å². The summed E-state index contributed by atoms with van der Waals surface area (Å²) in [5.74, 6) is -1.28. The van der Waals surface area contributed by atoms with Crippen molar-refractivity contribution in [2.24, 2.45) is 5.92 Å². The highest BCUT2D eigenvalue weighted by molar-refractivity contribution is 6.33. The SMILES string of the molecule is CNc1c(Cl)cc(C[C@@H](CC(=O)N2CCC(n3c(=O)[nH]c4ccccc43)CC2)C(=O)N2CCN(C3CC4CCC(C3)N4C)CC2)cc1C(F)(F)F. The number of H-pyrrole nitrogens is 1. The number of carbonyl (C=O) groups is 2. The molecular weight excluding hydrogens is 683 g/mol. The van der Waals surface area contributed by atoms with Crippen LogP contribution < -0.4 is 11.0 Å². The number of anilines is 1. The lowest BCUT2D eigenvalue weighted by Crippen LogP contribution is -2.56. The van der Waals surface area contributed by atoms with Crippen LogP contribution in [0, 0.1) is 5.92 Å². The molecule has 2 N–H and O–H groups in total. The number of piperazine rings is 1. The highest BCUT2D eigenvalue weighted by Crippen LogP contribution is 2.40. The van der Waals surface area contributed by atoms with Gasteiger partial charge in [0.2, 0.25) is 11.8 Å². The largest absolute Gasteiger partial charge is 0.418 e. The number of amides is 2. The Morgan fingerprint density at radius 1 is 0.922 bits per heavy atom. The van der Waals surface area contributed by atoms with Gasteiger partial charge in [-0.05, 0) is 81.8 Å². The number of aromatic nitrogens is 2. The molecule has 0 spiro atoms. The number of aromatic amines is 1. The van der Waals surface area contributed by atoms with E-state index in [0.29, 0.717) is 57.1 Å². The number of rotatable bonds is 8. The maximum atomic E-state index is 14.2. The lowest BCUT2D eigenvalue weighted by molar-refractivity contribution is -0.143. The number of imidazole rings is 1. The van der Waals surface area contributed by atoms with Crippen LogP contribution in [0.5, 0.6) is 0 Å². The molecule has 4 fully saturated rings. The molecule has 14 heteroatoms. The van der Waals surface area contributed by atoms with Crippen molar-refractivity contribution in [1.29, 1.82) is 0 Å². The van der Waals surface area contributed by atoms with E-state index in [-0.39, 0.29) is 52.7 Å². The number of nitrogens with zero attached hydrogens (tertiary/aromatic N) is 5. The standard InChI is InChI=1S/C37H47ClF3N7O3/c1-42-34-29(37(39,40)41)18-23(19-30(34)38)17-24(35(50)47-15-13-45(14-16-47)28-21-26-7-8-27(22-28)44(26)2)20-33(49)46-11-9-25(10-12-46)48-32-6-4-3-5-31(32)43-36(48)51/h3-6,18-19,24-28,42H,7-17,20-22H2,1-2H3,(H,43,51)/t24-,26?,27?,28?/m0/s1. The highest BCUT2D eigenvalue weighted by atomic mass is 35.5. The second kappa shape index (κ2) is 14.5. The number of benzene rings is 2. The van der Waals surface area contributed by atoms with Crippen molar-refractivity contribution >= 4 is 40.1 Å². The number of hydrogen-bond acceptors (Lipinski definition) is 6. The van der Waals surface area contributed by atoms with E-state index in [2.05, 4.69) is 27.1 Å². The summed E-state index contributed by atoms with van der Waals surface area (Å²) in [6.07, 6.45) is 1.06. The Kier molecular flexibility index (Phi) is 10.2. The first-order valence-corrected chi connectivity index (χ1v) is 18.6. The second-order valence-electron chi connectivity index (χ2n) is 14.8. The van der Waals surface area contributed by atoms with E-state index in [1.165, 1.54) is 26.0 Å². The molecule has 3 aromatic rings. The van der Waals surface area contributed by atoms with Gasteiger partial charge in [0.15, 0.2) is 0 Å². The van der Waals surface area contributed by atoms with Crippen LogP contribution in [-0.4, -0.2) is 112 Å². The third-order valence-electron chi connectivity index (χ3n) is 12.0. The van der Waals surface area contributed by atoms with Crippen LogP contribution in [0.15, 0.2) is 41.2 Å². The van der Waals surface area contributed by atoms with E-state index < -0.39 is 17.7 Å². The van der Waals surface area contributed by atoms with Gasteiger partial charge in [-0.2, -0.15) is 13.2 Å². The molecule has 0 radical (unpaired) electrons. The molecule has 4 aliphatic heterocycles. The average molecular weight is 730 g/mol. The van der Waals surface area contributed by atoms with Crippen molar-refractivity contribution in [3.63, 3.8) is 0 Å². The Labute approximate surface area is 300 Å². The summed E-state index contributed by atoms with van der Waals surface area (Å²) >= 11 is 6.34. The fraction of sp³-hybridized carbons (Fsp3) is 0.595. The fourth-order valence-electron chi connectivity index (χ4n) is 9.19. The van der Waals surface area contributed by atoms with Crippen LogP contribution >= 0.6 is 11.6 Å². The molecule has 3 atom stereocenters. The Morgan fingerprint density at radius 3 is 2.24 bits per heavy atom. The minimum atomic E-state index is -4.66. The zero-order valence-electron chi connectivity index (χ0n) is 29.2. The van der Waals surface area contributed by atoms with Gasteiger partial charge in [-0.1, -0.05) is 23.7 Å². The van der Waals surface area contributed by atoms with Crippen molar-refractivity contribution in [3.8, 4) is 0 Å². The summed E-state index contributed by atoms with van der Waals surface area (Å²) < 4.78 is 44.0. The molecule has 2 aromatic carbocycles. The maximum Gasteiger partial charge on any atom is 0.418 e. The summed E-state index contributed by atoms with van der Waals surface area (Å²) in [6, 6.07) is 11.6. The molecule has 4 saturated heterocycles. The van der Waals surface area contributed by atoms with Gasteiger partial charge < -0.3 is 25.0 Å². The number of likely N-dealkylation sites (tertiary alicyclic amines) is 1. The zero-order chi connectivity index (χ0) is 36.0. The third-order valence-corrected chi connectivity index (χ3v) is 12.3. The van der Waals surface area contributed by atoms with E-state index in [0.717, 1.165) is 43.0 Å². The van der Waals surface area contributed by atoms with Crippen LogP contribution in [0.25, 0.3) is 11.0 Å². The predicted molar refractivity (Wildman–Crippen MR) is 191 cm³/mol. The zero-order valence-corrected chi connectivity index (χ0v) is 30.0. The average Bonchev–Trinajstić information content (AvgIpc) is 3.53. The predicted octanol–water partition coefficient (Wildman–Crippen LogP) is 5.23. The molecular formula is C37H47ClF3N7O3. The van der Waals surface area contributed by atoms with Crippen molar-refractivity contribution < 1.29 is 22.8 Å². The van der Waals surface area contributed by atoms with E-state index in [1.807, 2.05) is 24.3 Å². The topological polar surface area (TPSA) is 96.9 Å². The van der Waals surface area contributed by atoms with Crippen LogP contribution in [0.1, 0.15) is 62.1 Å². The molecule has 10 nitrogen and oxygen atoms in total. The summed E-state index contributed by atoms with van der Waals surface area (Å²) in [4.78, 5) is 52.3. The molecule has 5 heterocycles. The van der Waals surface area contributed by atoms with Crippen LogP contribution in [0.3, 0.4) is 0 Å². The fourth-order valence-corrected chi connectivity index (χ4v) is 9.52. The van der Waals surface area contributed by atoms with Crippen molar-refractivity contribution in [3.05, 3.63) is 63.0 Å². The van der Waals surface area contributed by atoms with Crippen LogP contribution in [0.2, 0.25) is 5.02 Å². The molecule has 51 heavy (non-hydrogen) atoms. The minimum absolute atomic E-state index is 0.0445. The molecule has 2 unspecified atom stereocenters. The van der Waals surface area contributed by atoms with Crippen molar-refractivity contribution in [2.75, 3.05) is 58.7 Å². The third kappa shape index (κ3) is 7.26. The Hall–Kier alpha value is -3.55. The maximum absolute atomic E-state index is 14.2. The summed E-state index contributed by atoms with van der Waals surface area (Å²) in [7, 11) is 3.61. The van der Waals surface area contributed by atoms with Crippen molar-refractivity contribution in [1.82, 2.24) is 29.2 Å². The Balaban J connectivity index is 1.06. The van der Waals surface area contributed by atoms with Gasteiger partial charge in [-0.15, -0.1) is 0 Å². The molecule has 1 aromatic heterocycles. The number of piperidine rings is 2. The first kappa shape index (κ1) is 35.8. The molecule has 0 saturated carbocycles. The minimum Gasteiger partial charge on any atom is -0.386 e. The number of fused-ring (bicyclic) bond motifs is 3. The lowest BCUT2D eigenvalue weighted by Gasteiger charge is -2.45. The van der Waals surface area contributed by atoms with Gasteiger partial charge in [0.1, 0.15) is 0 Å². The van der Waals surface area contributed by atoms with Gasteiger partial charge in [-0.3, -0.25) is 19.1 Å². The smallest absolute Gasteiger partial charge is 0.386 e. The summed E-state index contributed by atoms with van der Waals surface area (Å²) in [6.45, 7) is 3.33. The van der Waals surface area contributed by atoms with Gasteiger partial charge >= 0.3 is 11.9 Å². The first-order valence-electron chi connectivity index (χ1n) is 18.2. The second-order valence-corrected chi connectivity index (χ2v) is 15.2. The lowest BCUT2D eigenvalue weighted by atomic mass is 9.91. The van der Waals surface area contributed by atoms with E-state index in [9.17, 15) is 27.6 Å². The van der Waals surface area contributed by atoms with Crippen molar-refractivity contribution in [2.45, 2.75) is 81.7 Å². The number of halogens is 4. The highest BCUT2D eigenvalue weighted by Gasteiger charge is 2.42. The number of carbonyl (C=O) groups excluding carboxylic acids is 2. The number of nitrogens with one attached hydrogen (secondary N) is 2. The Bertz CT molecular complexity index is 1800.